The molecule has 8 heteroatoms. The zero-order valence-electron chi connectivity index (χ0n) is 22.5. The molecule has 4 rings (SSSR count). The monoisotopic (exact) mass is 507 g/mol. The average molecular weight is 508 g/mol. The van der Waals surface area contributed by atoms with E-state index in [-0.39, 0.29) is 35.1 Å². The lowest BCUT2D eigenvalue weighted by molar-refractivity contribution is -0.135. The summed E-state index contributed by atoms with van der Waals surface area (Å²) >= 11 is 0. The molecule has 198 valence electrons. The first-order valence-electron chi connectivity index (χ1n) is 12.7. The number of carbonyl (C=O) groups excluding carboxylic acids is 2. The summed E-state index contributed by atoms with van der Waals surface area (Å²) in [4.78, 5) is 31.7. The number of methoxy groups -OCH3 is 1. The van der Waals surface area contributed by atoms with Crippen LogP contribution in [0.1, 0.15) is 66.7 Å². The molecule has 2 aromatic carbocycles. The van der Waals surface area contributed by atoms with Crippen molar-refractivity contribution >= 4 is 17.5 Å². The van der Waals surface area contributed by atoms with Crippen LogP contribution in [0.3, 0.4) is 0 Å². The quantitative estimate of drug-likeness (QED) is 0.567. The minimum atomic E-state index is -0.279. The summed E-state index contributed by atoms with van der Waals surface area (Å²) in [5.74, 6) is 0.253. The van der Waals surface area contributed by atoms with Gasteiger partial charge in [0.2, 0.25) is 5.76 Å². The summed E-state index contributed by atoms with van der Waals surface area (Å²) in [5.41, 5.74) is 4.01. The molecule has 0 saturated carbocycles. The van der Waals surface area contributed by atoms with Crippen molar-refractivity contribution in [1.29, 1.82) is 0 Å². The molecule has 0 aliphatic carbocycles. The molecule has 0 bridgehead atoms. The fraction of sp³-hybridized carbons (Fsp3) is 0.448. The number of anilines is 1. The van der Waals surface area contributed by atoms with E-state index in [9.17, 15) is 9.59 Å². The number of amides is 2. The predicted octanol–water partition coefficient (Wildman–Crippen LogP) is 4.65. The van der Waals surface area contributed by atoms with Gasteiger partial charge in [-0.25, -0.2) is 0 Å². The van der Waals surface area contributed by atoms with E-state index < -0.39 is 0 Å². The standard InChI is InChI=1S/C29H37N3O5/c1-18-9-11-20(31-27(33)23-14-19(29(2,3)4)10-12-25(23)35-6)15-22(18)24-16-26(37-32(24)5)28(34)30-17-21-8-7-13-36-21/h9-12,14-16,21,24H,7-8,13,17H2,1-6H3,(H,30,34)(H,31,33). The van der Waals surface area contributed by atoms with Gasteiger partial charge in [0.25, 0.3) is 11.8 Å². The van der Waals surface area contributed by atoms with Gasteiger partial charge in [-0.2, -0.15) is 0 Å². The van der Waals surface area contributed by atoms with Crippen LogP contribution in [0.4, 0.5) is 5.69 Å². The molecular weight excluding hydrogens is 470 g/mol. The van der Waals surface area contributed by atoms with Crippen molar-refractivity contribution < 1.29 is 23.9 Å². The third-order valence-corrected chi connectivity index (χ3v) is 6.85. The van der Waals surface area contributed by atoms with Crippen molar-refractivity contribution in [1.82, 2.24) is 10.4 Å². The highest BCUT2D eigenvalue weighted by molar-refractivity contribution is 6.06. The van der Waals surface area contributed by atoms with Crippen LogP contribution in [0, 0.1) is 6.92 Å². The number of ether oxygens (including phenoxy) is 2. The van der Waals surface area contributed by atoms with E-state index >= 15 is 0 Å². The van der Waals surface area contributed by atoms with Crippen molar-refractivity contribution in [3.8, 4) is 5.75 Å². The minimum Gasteiger partial charge on any atom is -0.496 e. The normalized spacial score (nSPS) is 19.8. The summed E-state index contributed by atoms with van der Waals surface area (Å²) in [5, 5.41) is 7.56. The first kappa shape index (κ1) is 26.7. The van der Waals surface area contributed by atoms with Gasteiger partial charge in [0, 0.05) is 25.9 Å². The third-order valence-electron chi connectivity index (χ3n) is 6.85. The van der Waals surface area contributed by atoms with E-state index in [0.29, 0.717) is 23.5 Å². The summed E-state index contributed by atoms with van der Waals surface area (Å²) < 4.78 is 11.0. The Hall–Kier alpha value is -3.36. The second kappa shape index (κ2) is 10.9. The number of hydrogen-bond acceptors (Lipinski definition) is 6. The molecular formula is C29H37N3O5. The minimum absolute atomic E-state index is 0.0599. The highest BCUT2D eigenvalue weighted by Crippen LogP contribution is 2.34. The van der Waals surface area contributed by atoms with Crippen molar-refractivity contribution in [2.75, 3.05) is 32.6 Å². The smallest absolute Gasteiger partial charge is 0.288 e. The molecule has 2 unspecified atom stereocenters. The van der Waals surface area contributed by atoms with E-state index in [1.165, 1.54) is 0 Å². The molecule has 0 radical (unpaired) electrons. The van der Waals surface area contributed by atoms with Gasteiger partial charge in [0.15, 0.2) is 0 Å². The van der Waals surface area contributed by atoms with Gasteiger partial charge in [-0.15, -0.1) is 5.06 Å². The molecule has 8 nitrogen and oxygen atoms in total. The maximum atomic E-state index is 13.3. The van der Waals surface area contributed by atoms with Crippen LogP contribution in [0.15, 0.2) is 48.2 Å². The first-order chi connectivity index (χ1) is 17.6. The van der Waals surface area contributed by atoms with Crippen molar-refractivity contribution in [2.45, 2.75) is 58.1 Å². The molecule has 0 aromatic heterocycles. The number of hydroxylamine groups is 2. The third kappa shape index (κ3) is 6.14. The van der Waals surface area contributed by atoms with Crippen molar-refractivity contribution in [2.24, 2.45) is 0 Å². The first-order valence-corrected chi connectivity index (χ1v) is 12.7. The summed E-state index contributed by atoms with van der Waals surface area (Å²) in [6.07, 6.45) is 3.83. The van der Waals surface area contributed by atoms with Gasteiger partial charge in [0.05, 0.1) is 24.8 Å². The van der Waals surface area contributed by atoms with Gasteiger partial charge < -0.3 is 24.9 Å². The number of carbonyl (C=O) groups is 2. The second-order valence-electron chi connectivity index (χ2n) is 10.6. The Kier molecular flexibility index (Phi) is 7.90. The zero-order chi connectivity index (χ0) is 26.7. The number of likely N-dealkylation sites (N-methyl/N-ethyl adjacent to an activating group) is 1. The molecule has 1 fully saturated rings. The second-order valence-corrected chi connectivity index (χ2v) is 10.6. The number of nitrogens with one attached hydrogen (secondary N) is 2. The summed E-state index contributed by atoms with van der Waals surface area (Å²) in [7, 11) is 3.35. The molecule has 2 atom stereocenters. The van der Waals surface area contributed by atoms with Crippen LogP contribution < -0.4 is 15.4 Å². The molecule has 37 heavy (non-hydrogen) atoms. The Bertz CT molecular complexity index is 1190. The van der Waals surface area contributed by atoms with Gasteiger partial charge in [-0.1, -0.05) is 32.9 Å². The number of benzene rings is 2. The van der Waals surface area contributed by atoms with E-state index in [1.807, 2.05) is 43.3 Å². The van der Waals surface area contributed by atoms with Crippen LogP contribution in [0.2, 0.25) is 0 Å². The van der Waals surface area contributed by atoms with E-state index in [0.717, 1.165) is 36.1 Å². The number of hydrogen-bond donors (Lipinski definition) is 2. The largest absolute Gasteiger partial charge is 0.496 e. The van der Waals surface area contributed by atoms with Crippen LogP contribution in [0.5, 0.6) is 5.75 Å². The lowest BCUT2D eigenvalue weighted by Gasteiger charge is -2.22. The van der Waals surface area contributed by atoms with Crippen LogP contribution in [0.25, 0.3) is 0 Å². The van der Waals surface area contributed by atoms with Crippen LogP contribution >= 0.6 is 0 Å². The topological polar surface area (TPSA) is 89.1 Å². The number of aryl methyl sites for hydroxylation is 1. The SMILES string of the molecule is COc1ccc(C(C)(C)C)cc1C(=O)Nc1ccc(C)c(C2C=C(C(=O)NCC3CCCO3)ON2C)c1. The zero-order valence-corrected chi connectivity index (χ0v) is 22.5. The number of rotatable bonds is 7. The number of nitrogens with zero attached hydrogens (tertiary/aromatic N) is 1. The fourth-order valence-corrected chi connectivity index (χ4v) is 4.58. The molecule has 2 amide bonds. The maximum Gasteiger partial charge on any atom is 0.288 e. The Balaban J connectivity index is 1.52. The van der Waals surface area contributed by atoms with Crippen molar-refractivity contribution in [3.63, 3.8) is 0 Å². The molecule has 2 heterocycles. The summed E-state index contributed by atoms with van der Waals surface area (Å²) in [6.45, 7) is 9.52. The maximum absolute atomic E-state index is 13.3. The van der Waals surface area contributed by atoms with Crippen molar-refractivity contribution in [3.05, 3.63) is 70.5 Å². The highest BCUT2D eigenvalue weighted by Gasteiger charge is 2.31. The summed E-state index contributed by atoms with van der Waals surface area (Å²) in [6, 6.07) is 11.1. The molecule has 1 saturated heterocycles. The molecule has 0 spiro atoms. The fourth-order valence-electron chi connectivity index (χ4n) is 4.58. The van der Waals surface area contributed by atoms with Crippen LogP contribution in [-0.2, 0) is 19.8 Å². The molecule has 2 aliphatic rings. The van der Waals surface area contributed by atoms with E-state index in [2.05, 4.69) is 31.4 Å². The van der Waals surface area contributed by atoms with Gasteiger partial charge in [-0.05, 0) is 72.2 Å². The van der Waals surface area contributed by atoms with E-state index in [4.69, 9.17) is 14.3 Å². The molecule has 2 aliphatic heterocycles. The lowest BCUT2D eigenvalue weighted by atomic mass is 9.86. The van der Waals surface area contributed by atoms with Gasteiger partial charge in [0.1, 0.15) is 5.75 Å². The van der Waals surface area contributed by atoms with Gasteiger partial charge >= 0.3 is 0 Å². The Morgan fingerprint density at radius 2 is 1.92 bits per heavy atom. The van der Waals surface area contributed by atoms with Crippen LogP contribution in [-0.4, -0.2) is 50.3 Å². The van der Waals surface area contributed by atoms with Gasteiger partial charge in [-0.3, -0.25) is 9.59 Å². The Labute approximate surface area is 218 Å². The Morgan fingerprint density at radius 3 is 2.59 bits per heavy atom. The highest BCUT2D eigenvalue weighted by atomic mass is 16.7. The Morgan fingerprint density at radius 1 is 1.14 bits per heavy atom. The molecule has 2 aromatic rings. The van der Waals surface area contributed by atoms with E-state index in [1.54, 1.807) is 25.3 Å². The lowest BCUT2D eigenvalue weighted by Crippen LogP contribution is -2.33. The molecule has 2 N–H and O–H groups in total. The average Bonchev–Trinajstić information content (AvgIpc) is 3.52. The predicted molar refractivity (Wildman–Crippen MR) is 142 cm³/mol.